The summed E-state index contributed by atoms with van der Waals surface area (Å²) in [7, 11) is 0. The predicted molar refractivity (Wildman–Crippen MR) is 91.9 cm³/mol. The monoisotopic (exact) mass is 360 g/mol. The fourth-order valence-corrected chi connectivity index (χ4v) is 2.40. The number of carbonyl (C=O) groups is 1. The number of nitrogens with zero attached hydrogens (tertiary/aromatic N) is 2. The molecule has 0 fully saturated rings. The molecule has 8 heteroatoms. The zero-order chi connectivity index (χ0) is 18.7. The Morgan fingerprint density at radius 1 is 1.12 bits per heavy atom. The van der Waals surface area contributed by atoms with Gasteiger partial charge in [0.1, 0.15) is 0 Å². The van der Waals surface area contributed by atoms with Gasteiger partial charge in [-0.25, -0.2) is 10.6 Å². The molecule has 0 atom stereocenters. The molecule has 26 heavy (non-hydrogen) atoms. The minimum Gasteiger partial charge on any atom is -0.305 e. The number of hydrazine groups is 1. The molecule has 0 spiro atoms. The number of halogens is 3. The van der Waals surface area contributed by atoms with Crippen molar-refractivity contribution in [2.45, 2.75) is 12.7 Å². The van der Waals surface area contributed by atoms with Crippen molar-refractivity contribution in [3.05, 3.63) is 71.9 Å². The fourth-order valence-electron chi connectivity index (χ4n) is 2.40. The van der Waals surface area contributed by atoms with Crippen LogP contribution in [-0.2, 0) is 12.7 Å². The Kier molecular flexibility index (Phi) is 4.77. The molecule has 0 aliphatic rings. The number of amides is 2. The molecule has 134 valence electrons. The summed E-state index contributed by atoms with van der Waals surface area (Å²) in [6.45, 7) is -0.0367. The number of benzene rings is 2. The Bertz CT molecular complexity index is 926. The van der Waals surface area contributed by atoms with Gasteiger partial charge in [-0.15, -0.1) is 0 Å². The van der Waals surface area contributed by atoms with Crippen LogP contribution in [0, 0.1) is 0 Å². The molecule has 0 saturated heterocycles. The highest BCUT2D eigenvalue weighted by Gasteiger charge is 2.30. The van der Waals surface area contributed by atoms with Gasteiger partial charge in [0.15, 0.2) is 0 Å². The third-order valence-electron chi connectivity index (χ3n) is 3.74. The van der Waals surface area contributed by atoms with Crippen molar-refractivity contribution >= 4 is 22.6 Å². The zero-order valence-electron chi connectivity index (χ0n) is 13.5. The van der Waals surface area contributed by atoms with Crippen LogP contribution < -0.4 is 11.2 Å². The van der Waals surface area contributed by atoms with Crippen molar-refractivity contribution in [3.8, 4) is 0 Å². The van der Waals surface area contributed by atoms with E-state index in [1.807, 2.05) is 24.3 Å². The molecule has 2 aromatic carbocycles. The normalized spacial score (nSPS) is 11.4. The maximum Gasteiger partial charge on any atom is 0.416 e. The van der Waals surface area contributed by atoms with Crippen LogP contribution in [0.15, 0.2) is 60.8 Å². The Hall–Kier alpha value is -3.13. The molecule has 0 aliphatic heterocycles. The molecule has 0 bridgehead atoms. The van der Waals surface area contributed by atoms with Crippen LogP contribution >= 0.6 is 0 Å². The Balaban J connectivity index is 1.65. The minimum atomic E-state index is -4.40. The molecule has 2 amide bonds. The van der Waals surface area contributed by atoms with Crippen molar-refractivity contribution in [2.75, 3.05) is 5.32 Å². The first kappa shape index (κ1) is 17.7. The lowest BCUT2D eigenvalue weighted by atomic mass is 10.1. The zero-order valence-corrected chi connectivity index (χ0v) is 13.5. The second kappa shape index (κ2) is 7.01. The van der Waals surface area contributed by atoms with Gasteiger partial charge in [-0.2, -0.15) is 13.2 Å². The van der Waals surface area contributed by atoms with Crippen molar-refractivity contribution < 1.29 is 18.0 Å². The number of aromatic nitrogens is 1. The van der Waals surface area contributed by atoms with Gasteiger partial charge in [-0.1, -0.05) is 30.3 Å². The summed E-state index contributed by atoms with van der Waals surface area (Å²) in [4.78, 5) is 16.4. The molecule has 3 rings (SSSR count). The highest BCUT2D eigenvalue weighted by Crippen LogP contribution is 2.29. The number of anilines is 1. The molecule has 5 nitrogen and oxygen atoms in total. The van der Waals surface area contributed by atoms with Crippen LogP contribution in [0.1, 0.15) is 11.1 Å². The van der Waals surface area contributed by atoms with E-state index in [-0.39, 0.29) is 6.54 Å². The van der Waals surface area contributed by atoms with E-state index in [0.717, 1.165) is 28.0 Å². The summed E-state index contributed by atoms with van der Waals surface area (Å²) >= 11 is 0. The number of carbonyl (C=O) groups excluding carboxylic acids is 1. The summed E-state index contributed by atoms with van der Waals surface area (Å²) in [6, 6.07) is 13.1. The summed E-state index contributed by atoms with van der Waals surface area (Å²) in [5, 5.41) is 4.35. The quantitative estimate of drug-likeness (QED) is 0.418. The number of nitrogens with two attached hydrogens (primary N) is 1. The summed E-state index contributed by atoms with van der Waals surface area (Å²) in [5.74, 6) is 5.71. The first-order valence-electron chi connectivity index (χ1n) is 7.67. The fraction of sp³-hybridized carbons (Fsp3) is 0.111. The predicted octanol–water partition coefficient (Wildman–Crippen LogP) is 4.16. The van der Waals surface area contributed by atoms with Crippen LogP contribution in [0.3, 0.4) is 0 Å². The largest absolute Gasteiger partial charge is 0.416 e. The Labute approximate surface area is 147 Å². The number of fused-ring (bicyclic) bond motifs is 1. The smallest absolute Gasteiger partial charge is 0.305 e. The van der Waals surface area contributed by atoms with E-state index >= 15 is 0 Å². The number of hydrogen-bond acceptors (Lipinski definition) is 3. The third-order valence-corrected chi connectivity index (χ3v) is 3.74. The molecule has 1 heterocycles. The summed E-state index contributed by atoms with van der Waals surface area (Å²) in [5.41, 5.74) is 0.986. The lowest BCUT2D eigenvalue weighted by molar-refractivity contribution is -0.137. The van der Waals surface area contributed by atoms with Gasteiger partial charge in [0, 0.05) is 5.39 Å². The van der Waals surface area contributed by atoms with Crippen LogP contribution in [0.5, 0.6) is 0 Å². The van der Waals surface area contributed by atoms with E-state index in [0.29, 0.717) is 11.3 Å². The Morgan fingerprint density at radius 3 is 2.50 bits per heavy atom. The number of rotatable bonds is 3. The van der Waals surface area contributed by atoms with E-state index < -0.39 is 17.8 Å². The molecule has 0 unspecified atom stereocenters. The number of alkyl halides is 3. The molecular weight excluding hydrogens is 345 g/mol. The first-order valence-corrected chi connectivity index (χ1v) is 7.67. The molecule has 0 saturated carbocycles. The van der Waals surface area contributed by atoms with Gasteiger partial charge in [0.25, 0.3) is 0 Å². The average molecular weight is 360 g/mol. The van der Waals surface area contributed by atoms with E-state index in [4.69, 9.17) is 5.84 Å². The van der Waals surface area contributed by atoms with Crippen molar-refractivity contribution in [1.29, 1.82) is 0 Å². The maximum atomic E-state index is 12.6. The SMILES string of the molecule is NN(Cc1ccc(C(F)(F)F)cc1)C(=O)Nc1cnc2ccccc2c1. The van der Waals surface area contributed by atoms with E-state index in [1.54, 1.807) is 6.07 Å². The van der Waals surface area contributed by atoms with E-state index in [2.05, 4.69) is 10.3 Å². The molecule has 0 radical (unpaired) electrons. The van der Waals surface area contributed by atoms with E-state index in [1.165, 1.54) is 18.3 Å². The number of nitrogens with one attached hydrogen (secondary N) is 1. The van der Waals surface area contributed by atoms with Gasteiger partial charge in [0.2, 0.25) is 0 Å². The molecule has 1 aromatic heterocycles. The van der Waals surface area contributed by atoms with Crippen LogP contribution in [0.2, 0.25) is 0 Å². The van der Waals surface area contributed by atoms with Crippen LogP contribution in [0.4, 0.5) is 23.7 Å². The number of hydrogen-bond donors (Lipinski definition) is 2. The van der Waals surface area contributed by atoms with Gasteiger partial charge in [-0.05, 0) is 29.8 Å². The second-order valence-electron chi connectivity index (χ2n) is 5.67. The molecule has 3 N–H and O–H groups in total. The number of para-hydroxylation sites is 1. The lowest BCUT2D eigenvalue weighted by Crippen LogP contribution is -2.40. The standard InChI is InChI=1S/C18H15F3N4O/c19-18(20,21)14-7-5-12(6-8-14)11-25(22)17(26)24-15-9-13-3-1-2-4-16(13)23-10-15/h1-10H,11,22H2,(H,24,26). The summed E-state index contributed by atoms with van der Waals surface area (Å²) < 4.78 is 37.7. The van der Waals surface area contributed by atoms with Crippen LogP contribution in [0.25, 0.3) is 10.9 Å². The van der Waals surface area contributed by atoms with Crippen LogP contribution in [-0.4, -0.2) is 16.0 Å². The molecule has 3 aromatic rings. The topological polar surface area (TPSA) is 71.2 Å². The minimum absolute atomic E-state index is 0.0367. The number of pyridine rings is 1. The Morgan fingerprint density at radius 2 is 1.81 bits per heavy atom. The van der Waals surface area contributed by atoms with E-state index in [9.17, 15) is 18.0 Å². The highest BCUT2D eigenvalue weighted by molar-refractivity contribution is 5.91. The lowest BCUT2D eigenvalue weighted by Gasteiger charge is -2.18. The van der Waals surface area contributed by atoms with Gasteiger partial charge in [-0.3, -0.25) is 9.99 Å². The molecular formula is C18H15F3N4O. The van der Waals surface area contributed by atoms with Crippen molar-refractivity contribution in [1.82, 2.24) is 9.99 Å². The van der Waals surface area contributed by atoms with Gasteiger partial charge in [0.05, 0.1) is 29.5 Å². The first-order chi connectivity index (χ1) is 12.3. The van der Waals surface area contributed by atoms with Crippen molar-refractivity contribution in [3.63, 3.8) is 0 Å². The third kappa shape index (κ3) is 4.09. The maximum absolute atomic E-state index is 12.6. The second-order valence-corrected chi connectivity index (χ2v) is 5.67. The average Bonchev–Trinajstić information content (AvgIpc) is 2.61. The molecule has 0 aliphatic carbocycles. The van der Waals surface area contributed by atoms with Gasteiger partial charge < -0.3 is 5.32 Å². The van der Waals surface area contributed by atoms with Gasteiger partial charge >= 0.3 is 12.2 Å². The number of urea groups is 1. The highest BCUT2D eigenvalue weighted by atomic mass is 19.4. The summed E-state index contributed by atoms with van der Waals surface area (Å²) in [6.07, 6.45) is -2.90. The van der Waals surface area contributed by atoms with Crippen molar-refractivity contribution in [2.24, 2.45) is 5.84 Å².